The highest BCUT2D eigenvalue weighted by atomic mass is 35.5. The molecular formula is C18H19ClN2O2. The lowest BCUT2D eigenvalue weighted by Crippen LogP contribution is -3.00. The number of fused-ring (bicyclic) bond motifs is 1. The molecule has 0 atom stereocenters. The molecule has 0 saturated carbocycles. The quantitative estimate of drug-likeness (QED) is 0.673. The zero-order chi connectivity index (χ0) is 15.5. The van der Waals surface area contributed by atoms with E-state index in [-0.39, 0.29) is 23.7 Å². The third kappa shape index (κ3) is 3.08. The van der Waals surface area contributed by atoms with Gasteiger partial charge in [-0.3, -0.25) is 4.79 Å². The van der Waals surface area contributed by atoms with Crippen LogP contribution in [0.4, 0.5) is 0 Å². The van der Waals surface area contributed by atoms with E-state index in [2.05, 4.69) is 6.92 Å². The molecule has 0 aliphatic rings. The Morgan fingerprint density at radius 2 is 1.78 bits per heavy atom. The molecule has 3 rings (SSSR count). The summed E-state index contributed by atoms with van der Waals surface area (Å²) in [6.07, 6.45) is 5.48. The Labute approximate surface area is 141 Å². The highest BCUT2D eigenvalue weighted by molar-refractivity contribution is 5.87. The fourth-order valence-electron chi connectivity index (χ4n) is 2.69. The minimum Gasteiger partial charge on any atom is -1.00 e. The fraction of sp³-hybridized carbons (Fsp3) is 0.222. The normalized spacial score (nSPS) is 10.5. The molecule has 0 aliphatic carbocycles. The molecule has 2 aromatic heterocycles. The number of benzene rings is 1. The molecule has 3 aromatic rings. The number of hydrogen-bond acceptors (Lipinski definition) is 2. The van der Waals surface area contributed by atoms with Crippen LogP contribution in [0.15, 0.2) is 59.7 Å². The summed E-state index contributed by atoms with van der Waals surface area (Å²) in [7, 11) is 0. The van der Waals surface area contributed by atoms with Crippen molar-refractivity contribution in [2.45, 2.75) is 26.3 Å². The topological polar surface area (TPSA) is 46.1 Å². The lowest BCUT2D eigenvalue weighted by atomic mass is 10.1. The van der Waals surface area contributed by atoms with Gasteiger partial charge in [0.05, 0.1) is 5.52 Å². The van der Waals surface area contributed by atoms with Crippen molar-refractivity contribution in [3.05, 3.63) is 65.2 Å². The van der Waals surface area contributed by atoms with Crippen LogP contribution in [-0.4, -0.2) is 9.67 Å². The van der Waals surface area contributed by atoms with Crippen LogP contribution in [-0.2, 0) is 6.54 Å². The maximum absolute atomic E-state index is 12.9. The van der Waals surface area contributed by atoms with Crippen LogP contribution in [0.25, 0.3) is 16.6 Å². The molecule has 0 aliphatic heterocycles. The summed E-state index contributed by atoms with van der Waals surface area (Å²) >= 11 is 0. The summed E-state index contributed by atoms with van der Waals surface area (Å²) in [4.78, 5) is 12.9. The van der Waals surface area contributed by atoms with E-state index in [1.165, 1.54) is 0 Å². The number of hydrogen-bond donors (Lipinski definition) is 1. The van der Waals surface area contributed by atoms with Gasteiger partial charge in [0.25, 0.3) is 0 Å². The van der Waals surface area contributed by atoms with E-state index in [0.29, 0.717) is 17.6 Å². The number of unbranched alkanes of at least 4 members (excludes halogenated alkanes) is 1. The SMILES string of the molecule is CCCCn1c(=O)c(-[n+]2ccccc2)c(O)c2ccccc21.[Cl-]. The first-order valence-corrected chi connectivity index (χ1v) is 7.55. The van der Waals surface area contributed by atoms with E-state index in [1.807, 2.05) is 42.5 Å². The first kappa shape index (κ1) is 17.0. The number of pyridine rings is 2. The van der Waals surface area contributed by atoms with Gasteiger partial charge in [0.15, 0.2) is 12.4 Å². The van der Waals surface area contributed by atoms with Crippen LogP contribution in [0.3, 0.4) is 0 Å². The molecule has 0 bridgehead atoms. The summed E-state index contributed by atoms with van der Waals surface area (Å²) < 4.78 is 3.43. The van der Waals surface area contributed by atoms with Gasteiger partial charge >= 0.3 is 11.2 Å². The molecular weight excluding hydrogens is 312 g/mol. The number of halogens is 1. The highest BCUT2D eigenvalue weighted by Gasteiger charge is 2.23. The second kappa shape index (κ2) is 7.29. The van der Waals surface area contributed by atoms with Crippen molar-refractivity contribution < 1.29 is 22.1 Å². The zero-order valence-electron chi connectivity index (χ0n) is 12.9. The number of aryl methyl sites for hydroxylation is 1. The highest BCUT2D eigenvalue weighted by Crippen LogP contribution is 2.26. The van der Waals surface area contributed by atoms with Crippen LogP contribution in [0.1, 0.15) is 19.8 Å². The maximum Gasteiger partial charge on any atom is 0.327 e. The fourth-order valence-corrected chi connectivity index (χ4v) is 2.69. The molecule has 0 saturated heterocycles. The molecule has 0 amide bonds. The number of aromatic nitrogens is 2. The van der Waals surface area contributed by atoms with Crippen LogP contribution < -0.4 is 22.5 Å². The van der Waals surface area contributed by atoms with E-state index >= 15 is 0 Å². The molecule has 120 valence electrons. The van der Waals surface area contributed by atoms with Crippen molar-refractivity contribution in [2.75, 3.05) is 0 Å². The van der Waals surface area contributed by atoms with E-state index in [0.717, 1.165) is 18.4 Å². The van der Waals surface area contributed by atoms with Crippen LogP contribution in [0.2, 0.25) is 0 Å². The maximum atomic E-state index is 12.9. The van der Waals surface area contributed by atoms with Crippen molar-refractivity contribution in [2.24, 2.45) is 0 Å². The van der Waals surface area contributed by atoms with Gasteiger partial charge in [0, 0.05) is 24.1 Å². The summed E-state index contributed by atoms with van der Waals surface area (Å²) in [5.74, 6) is 0.0320. The average molecular weight is 331 g/mol. The molecule has 4 nitrogen and oxygen atoms in total. The Kier molecular flexibility index (Phi) is 5.40. The molecule has 23 heavy (non-hydrogen) atoms. The van der Waals surface area contributed by atoms with Crippen molar-refractivity contribution in [3.63, 3.8) is 0 Å². The summed E-state index contributed by atoms with van der Waals surface area (Å²) in [5, 5.41) is 11.3. The van der Waals surface area contributed by atoms with E-state index in [4.69, 9.17) is 0 Å². The van der Waals surface area contributed by atoms with Crippen molar-refractivity contribution in [3.8, 4) is 11.4 Å². The van der Waals surface area contributed by atoms with Gasteiger partial charge in [-0.15, -0.1) is 0 Å². The second-order valence-electron chi connectivity index (χ2n) is 5.31. The van der Waals surface area contributed by atoms with Gasteiger partial charge < -0.3 is 22.1 Å². The Morgan fingerprint density at radius 1 is 1.09 bits per heavy atom. The lowest BCUT2D eigenvalue weighted by molar-refractivity contribution is -0.597. The smallest absolute Gasteiger partial charge is 0.327 e. The molecule has 1 N–H and O–H groups in total. The number of para-hydroxylation sites is 1. The standard InChI is InChI=1S/C18H18N2O2.ClH/c1-2-3-13-20-15-10-6-5-9-14(15)17(21)16(18(20)22)19-11-7-4-8-12-19;/h4-12H,2-3,13H2,1H3;1H. The van der Waals surface area contributed by atoms with Gasteiger partial charge in [-0.2, -0.15) is 4.57 Å². The minimum atomic E-state index is -0.166. The zero-order valence-corrected chi connectivity index (χ0v) is 13.7. The molecule has 2 heterocycles. The van der Waals surface area contributed by atoms with E-state index < -0.39 is 0 Å². The van der Waals surface area contributed by atoms with Gasteiger partial charge in [0.2, 0.25) is 5.75 Å². The summed E-state index contributed by atoms with van der Waals surface area (Å²) in [5.41, 5.74) is 0.912. The number of rotatable bonds is 4. The Hall–Kier alpha value is -2.33. The third-order valence-corrected chi connectivity index (χ3v) is 3.83. The van der Waals surface area contributed by atoms with Crippen LogP contribution in [0.5, 0.6) is 5.75 Å². The number of nitrogens with zero attached hydrogens (tertiary/aromatic N) is 2. The molecule has 0 spiro atoms. The summed E-state index contributed by atoms with van der Waals surface area (Å²) in [6.45, 7) is 2.75. The summed E-state index contributed by atoms with van der Waals surface area (Å²) in [6, 6.07) is 13.0. The largest absolute Gasteiger partial charge is 1.00 e. The van der Waals surface area contributed by atoms with Gasteiger partial charge in [-0.05, 0) is 18.6 Å². The number of aromatic hydroxyl groups is 1. The lowest BCUT2D eigenvalue weighted by Gasteiger charge is -2.12. The molecule has 1 aromatic carbocycles. The van der Waals surface area contributed by atoms with E-state index in [9.17, 15) is 9.90 Å². The van der Waals surface area contributed by atoms with E-state index in [1.54, 1.807) is 21.5 Å². The van der Waals surface area contributed by atoms with Gasteiger partial charge in [0.1, 0.15) is 0 Å². The first-order chi connectivity index (χ1) is 10.7. The molecule has 0 radical (unpaired) electrons. The predicted octanol–water partition coefficient (Wildman–Crippen LogP) is -0.212. The average Bonchev–Trinajstić information content (AvgIpc) is 2.56. The molecule has 5 heteroatoms. The van der Waals surface area contributed by atoms with Gasteiger partial charge in [-0.1, -0.05) is 31.5 Å². The predicted molar refractivity (Wildman–Crippen MR) is 86.3 cm³/mol. The van der Waals surface area contributed by atoms with Crippen molar-refractivity contribution in [1.29, 1.82) is 0 Å². The Morgan fingerprint density at radius 3 is 2.48 bits per heavy atom. The molecule has 0 fully saturated rings. The van der Waals surface area contributed by atoms with Crippen LogP contribution in [0, 0.1) is 0 Å². The van der Waals surface area contributed by atoms with Crippen LogP contribution >= 0.6 is 0 Å². The van der Waals surface area contributed by atoms with Crippen molar-refractivity contribution in [1.82, 2.24) is 4.57 Å². The Balaban J connectivity index is 0.00000192. The first-order valence-electron chi connectivity index (χ1n) is 7.55. The minimum absolute atomic E-state index is 0. The Bertz CT molecular complexity index is 860. The third-order valence-electron chi connectivity index (χ3n) is 3.83. The molecule has 0 unspecified atom stereocenters. The second-order valence-corrected chi connectivity index (χ2v) is 5.31. The van der Waals surface area contributed by atoms with Crippen molar-refractivity contribution >= 4 is 10.9 Å². The van der Waals surface area contributed by atoms with Gasteiger partial charge in [-0.25, -0.2) is 0 Å². The monoisotopic (exact) mass is 330 g/mol.